The second kappa shape index (κ2) is 7.20. The summed E-state index contributed by atoms with van der Waals surface area (Å²) in [5.41, 5.74) is 1.10. The lowest BCUT2D eigenvalue weighted by Gasteiger charge is -2.32. The summed E-state index contributed by atoms with van der Waals surface area (Å²) in [5.74, 6) is 0.740. The molecule has 2 heterocycles. The number of piperidine rings is 1. The number of rotatable bonds is 4. The van der Waals surface area contributed by atoms with Crippen LogP contribution < -0.4 is 10.2 Å². The molecular formula is C21H29NO3. The van der Waals surface area contributed by atoms with E-state index in [1.165, 1.54) is 25.8 Å². The Kier molecular flexibility index (Phi) is 5.19. The molecule has 25 heavy (non-hydrogen) atoms. The van der Waals surface area contributed by atoms with Gasteiger partial charge in [-0.1, -0.05) is 27.2 Å². The van der Waals surface area contributed by atoms with Gasteiger partial charge >= 0.3 is 0 Å². The number of likely N-dealkylation sites (tertiary alicyclic amines) is 1. The maximum Gasteiger partial charge on any atom is 0.196 e. The van der Waals surface area contributed by atoms with Gasteiger partial charge in [-0.2, -0.15) is 0 Å². The predicted molar refractivity (Wildman–Crippen MR) is 102 cm³/mol. The van der Waals surface area contributed by atoms with E-state index >= 15 is 0 Å². The van der Waals surface area contributed by atoms with E-state index in [0.717, 1.165) is 12.2 Å². The molecule has 4 nitrogen and oxygen atoms in total. The lowest BCUT2D eigenvalue weighted by Crippen LogP contribution is -2.37. The van der Waals surface area contributed by atoms with Crippen LogP contribution in [0.2, 0.25) is 0 Å². The van der Waals surface area contributed by atoms with Crippen molar-refractivity contribution in [2.24, 2.45) is 0 Å². The third kappa shape index (κ3) is 4.06. The molecule has 3 rings (SSSR count). The fourth-order valence-electron chi connectivity index (χ4n) is 3.54. The van der Waals surface area contributed by atoms with Crippen LogP contribution in [0.3, 0.4) is 0 Å². The largest absolute Gasteiger partial charge is 0.494 e. The molecular weight excluding hydrogens is 314 g/mol. The molecule has 0 N–H and O–H groups in total. The normalized spacial score (nSPS) is 19.3. The fourth-order valence-corrected chi connectivity index (χ4v) is 3.54. The number of fused-ring (bicyclic) bond motifs is 1. The van der Waals surface area contributed by atoms with Crippen LogP contribution in [0.1, 0.15) is 52.0 Å². The number of benzene rings is 1. The summed E-state index contributed by atoms with van der Waals surface area (Å²) in [4.78, 5) is 15.2. The van der Waals surface area contributed by atoms with E-state index in [-0.39, 0.29) is 10.8 Å². The standard InChI is InChI=1S/C21H29NO3/c1-21(2,3)18-14-25-19-9-8-16(13-17(19)20(18)23)24-12-10-15-7-5-6-11-22(15)4/h8-9,13-15H,5-7,10-12H2,1-4H3. The average Bonchev–Trinajstić information content (AvgIpc) is 2.56. The highest BCUT2D eigenvalue weighted by atomic mass is 16.5. The van der Waals surface area contributed by atoms with Gasteiger partial charge in [0.05, 0.1) is 18.3 Å². The zero-order valence-corrected chi connectivity index (χ0v) is 15.8. The Hall–Kier alpha value is -1.81. The molecule has 1 aromatic heterocycles. The van der Waals surface area contributed by atoms with E-state index in [1.807, 2.05) is 39.0 Å². The van der Waals surface area contributed by atoms with Crippen molar-refractivity contribution in [1.82, 2.24) is 4.90 Å². The highest BCUT2D eigenvalue weighted by molar-refractivity contribution is 5.78. The van der Waals surface area contributed by atoms with E-state index in [4.69, 9.17) is 9.15 Å². The molecule has 1 fully saturated rings. The van der Waals surface area contributed by atoms with Crippen molar-refractivity contribution in [3.63, 3.8) is 0 Å². The summed E-state index contributed by atoms with van der Waals surface area (Å²) in [7, 11) is 2.19. The molecule has 0 aliphatic carbocycles. The van der Waals surface area contributed by atoms with E-state index in [1.54, 1.807) is 6.26 Å². The van der Waals surface area contributed by atoms with Crippen LogP contribution in [-0.2, 0) is 5.41 Å². The zero-order valence-electron chi connectivity index (χ0n) is 15.8. The quantitative estimate of drug-likeness (QED) is 0.828. The minimum atomic E-state index is -0.239. The van der Waals surface area contributed by atoms with E-state index < -0.39 is 0 Å². The second-order valence-corrected chi connectivity index (χ2v) is 8.15. The molecule has 0 saturated carbocycles. The lowest BCUT2D eigenvalue weighted by atomic mass is 9.87. The molecule has 1 unspecified atom stereocenters. The molecule has 2 aromatic rings. The number of ether oxygens (including phenoxy) is 1. The van der Waals surface area contributed by atoms with E-state index in [0.29, 0.717) is 29.2 Å². The van der Waals surface area contributed by atoms with E-state index in [2.05, 4.69) is 11.9 Å². The summed E-state index contributed by atoms with van der Waals surface area (Å²) in [6.07, 6.45) is 6.46. The highest BCUT2D eigenvalue weighted by Crippen LogP contribution is 2.25. The van der Waals surface area contributed by atoms with Crippen molar-refractivity contribution in [3.05, 3.63) is 40.2 Å². The first kappa shape index (κ1) is 18.0. The van der Waals surface area contributed by atoms with Crippen LogP contribution in [0.25, 0.3) is 11.0 Å². The summed E-state index contributed by atoms with van der Waals surface area (Å²) < 4.78 is 11.6. The molecule has 0 spiro atoms. The summed E-state index contributed by atoms with van der Waals surface area (Å²) in [6.45, 7) is 7.91. The van der Waals surface area contributed by atoms with Crippen LogP contribution in [0.4, 0.5) is 0 Å². The molecule has 136 valence electrons. The number of hydrogen-bond acceptors (Lipinski definition) is 4. The van der Waals surface area contributed by atoms with Gasteiger partial charge in [-0.3, -0.25) is 4.79 Å². The van der Waals surface area contributed by atoms with Crippen molar-refractivity contribution in [2.45, 2.75) is 57.9 Å². The third-order valence-corrected chi connectivity index (χ3v) is 5.19. The minimum absolute atomic E-state index is 0.0335. The van der Waals surface area contributed by atoms with Crippen LogP contribution in [-0.4, -0.2) is 31.1 Å². The molecule has 1 saturated heterocycles. The van der Waals surface area contributed by atoms with Crippen molar-refractivity contribution in [2.75, 3.05) is 20.2 Å². The Balaban J connectivity index is 1.74. The molecule has 1 aliphatic rings. The van der Waals surface area contributed by atoms with Gasteiger partial charge in [0.25, 0.3) is 0 Å². The predicted octanol–water partition coefficient (Wildman–Crippen LogP) is 4.34. The monoisotopic (exact) mass is 343 g/mol. The highest BCUT2D eigenvalue weighted by Gasteiger charge is 2.21. The number of nitrogens with zero attached hydrogens (tertiary/aromatic N) is 1. The van der Waals surface area contributed by atoms with Gasteiger partial charge in [-0.25, -0.2) is 0 Å². The van der Waals surface area contributed by atoms with Crippen molar-refractivity contribution in [1.29, 1.82) is 0 Å². The minimum Gasteiger partial charge on any atom is -0.494 e. The van der Waals surface area contributed by atoms with Gasteiger partial charge < -0.3 is 14.1 Å². The zero-order chi connectivity index (χ0) is 18.0. The first-order valence-electron chi connectivity index (χ1n) is 9.25. The number of hydrogen-bond donors (Lipinski definition) is 0. The van der Waals surface area contributed by atoms with Gasteiger partial charge in [0.2, 0.25) is 0 Å². The maximum absolute atomic E-state index is 12.8. The summed E-state index contributed by atoms with van der Waals surface area (Å²) in [5, 5.41) is 0.597. The van der Waals surface area contributed by atoms with Crippen molar-refractivity contribution < 1.29 is 9.15 Å². The molecule has 0 amide bonds. The van der Waals surface area contributed by atoms with Gasteiger partial charge in [-0.15, -0.1) is 0 Å². The van der Waals surface area contributed by atoms with Crippen LogP contribution >= 0.6 is 0 Å². The maximum atomic E-state index is 12.8. The summed E-state index contributed by atoms with van der Waals surface area (Å²) in [6, 6.07) is 6.13. The topological polar surface area (TPSA) is 42.7 Å². The van der Waals surface area contributed by atoms with Gasteiger partial charge in [-0.05, 0) is 56.5 Å². The van der Waals surface area contributed by atoms with Gasteiger partial charge in [0.15, 0.2) is 5.43 Å². The molecule has 0 radical (unpaired) electrons. The molecule has 1 aromatic carbocycles. The second-order valence-electron chi connectivity index (χ2n) is 8.15. The van der Waals surface area contributed by atoms with Crippen molar-refractivity contribution in [3.8, 4) is 5.75 Å². The van der Waals surface area contributed by atoms with Crippen LogP contribution in [0.15, 0.2) is 33.7 Å². The van der Waals surface area contributed by atoms with Crippen LogP contribution in [0, 0.1) is 0 Å². The Morgan fingerprint density at radius 3 is 2.80 bits per heavy atom. The van der Waals surface area contributed by atoms with E-state index in [9.17, 15) is 4.79 Å². The average molecular weight is 343 g/mol. The van der Waals surface area contributed by atoms with Crippen LogP contribution in [0.5, 0.6) is 5.75 Å². The van der Waals surface area contributed by atoms with Gasteiger partial charge in [0.1, 0.15) is 11.3 Å². The Morgan fingerprint density at radius 2 is 2.08 bits per heavy atom. The molecule has 4 heteroatoms. The Labute approximate surface area is 149 Å². The Morgan fingerprint density at radius 1 is 1.28 bits per heavy atom. The first-order chi connectivity index (χ1) is 11.9. The van der Waals surface area contributed by atoms with Gasteiger partial charge in [0, 0.05) is 11.6 Å². The molecule has 1 atom stereocenters. The third-order valence-electron chi connectivity index (χ3n) is 5.19. The molecule has 0 bridgehead atoms. The Bertz CT molecular complexity index is 788. The fraction of sp³-hybridized carbons (Fsp3) is 0.571. The smallest absolute Gasteiger partial charge is 0.196 e. The molecule has 1 aliphatic heterocycles. The van der Waals surface area contributed by atoms with Crippen molar-refractivity contribution >= 4 is 11.0 Å². The first-order valence-corrected chi connectivity index (χ1v) is 9.25. The SMILES string of the molecule is CN1CCCCC1CCOc1ccc2occ(C(C)(C)C)c(=O)c2c1. The lowest BCUT2D eigenvalue weighted by molar-refractivity contribution is 0.153. The summed E-state index contributed by atoms with van der Waals surface area (Å²) >= 11 is 0.